The molecule has 1 saturated heterocycles. The Labute approximate surface area is 52.4 Å². The smallest absolute Gasteiger partial charge is 0.244 e. The zero-order valence-corrected chi connectivity index (χ0v) is 4.98. The van der Waals surface area contributed by atoms with E-state index in [2.05, 4.69) is 5.32 Å². The van der Waals surface area contributed by atoms with Crippen LogP contribution in [0.2, 0.25) is 0 Å². The monoisotopic (exact) mass is 136 g/mol. The molecule has 1 aliphatic heterocycles. The molecule has 2 unspecified atom stereocenters. The molecule has 0 amide bonds. The lowest BCUT2D eigenvalue weighted by Crippen LogP contribution is -2.33. The van der Waals surface area contributed by atoms with Crippen molar-refractivity contribution in [3.05, 3.63) is 0 Å². The number of hydrogen-bond acceptors (Lipinski definition) is 2. The molecule has 1 fully saturated rings. The van der Waals surface area contributed by atoms with Crippen molar-refractivity contribution in [1.82, 2.24) is 5.32 Å². The minimum absolute atomic E-state index is 0.356. The number of hydrogen-bond donors (Lipinski definition) is 2. The quantitative estimate of drug-likeness (QED) is 0.524. The Morgan fingerprint density at radius 1 is 1.44 bits per heavy atom. The molecule has 0 aromatic carbocycles. The molecule has 3 N–H and O–H groups in total. The molecule has 0 aromatic heterocycles. The fourth-order valence-corrected chi connectivity index (χ4v) is 0.995. The first-order valence-electron chi connectivity index (χ1n) is 2.96. The van der Waals surface area contributed by atoms with Crippen LogP contribution >= 0.6 is 0 Å². The van der Waals surface area contributed by atoms with Gasteiger partial charge < -0.3 is 11.1 Å². The lowest BCUT2D eigenvalue weighted by molar-refractivity contribution is 0.0798. The lowest BCUT2D eigenvalue weighted by Gasteiger charge is -2.11. The van der Waals surface area contributed by atoms with Crippen LogP contribution in [0.1, 0.15) is 0 Å². The maximum absolute atomic E-state index is 11.9. The summed E-state index contributed by atoms with van der Waals surface area (Å²) < 4.78 is 23.7. The van der Waals surface area contributed by atoms with E-state index in [0.29, 0.717) is 13.1 Å². The Kier molecular flexibility index (Phi) is 1.97. The molecule has 0 aromatic rings. The molecule has 4 heteroatoms. The molecule has 1 heterocycles. The Balaban J connectivity index is 2.40. The van der Waals surface area contributed by atoms with Crippen LogP contribution in [0.15, 0.2) is 0 Å². The molecule has 1 rings (SSSR count). The summed E-state index contributed by atoms with van der Waals surface area (Å²) in [5.74, 6) is -0.634. The highest BCUT2D eigenvalue weighted by Gasteiger charge is 2.30. The molecule has 54 valence electrons. The largest absolute Gasteiger partial charge is 0.326 e. The van der Waals surface area contributed by atoms with Gasteiger partial charge in [-0.3, -0.25) is 0 Å². The number of nitrogens with one attached hydrogen (secondary N) is 1. The Hall–Kier alpha value is -0.220. The summed E-state index contributed by atoms with van der Waals surface area (Å²) in [5.41, 5.74) is 5.34. The van der Waals surface area contributed by atoms with Crippen LogP contribution in [0.4, 0.5) is 8.78 Å². The second-order valence-corrected chi connectivity index (χ2v) is 2.32. The zero-order chi connectivity index (χ0) is 6.85. The molecule has 2 atom stereocenters. The number of alkyl halides is 2. The first kappa shape index (κ1) is 6.89. The van der Waals surface area contributed by atoms with Gasteiger partial charge in [-0.1, -0.05) is 0 Å². The van der Waals surface area contributed by atoms with E-state index in [-0.39, 0.29) is 6.04 Å². The highest BCUT2D eigenvalue weighted by atomic mass is 19.3. The second-order valence-electron chi connectivity index (χ2n) is 2.32. The lowest BCUT2D eigenvalue weighted by atomic mass is 10.1. The minimum atomic E-state index is -2.27. The highest BCUT2D eigenvalue weighted by molar-refractivity contribution is 4.84. The fourth-order valence-electron chi connectivity index (χ4n) is 0.995. The normalized spacial score (nSPS) is 36.0. The maximum Gasteiger partial charge on any atom is 0.244 e. The first-order valence-corrected chi connectivity index (χ1v) is 2.96. The topological polar surface area (TPSA) is 38.0 Å². The Morgan fingerprint density at radius 2 is 2.11 bits per heavy atom. The molecule has 2 nitrogen and oxygen atoms in total. The number of halogens is 2. The predicted octanol–water partition coefficient (Wildman–Crippen LogP) is -0.202. The van der Waals surface area contributed by atoms with E-state index in [1.54, 1.807) is 0 Å². The van der Waals surface area contributed by atoms with E-state index in [1.807, 2.05) is 0 Å². The van der Waals surface area contributed by atoms with Crippen LogP contribution in [0.3, 0.4) is 0 Å². The van der Waals surface area contributed by atoms with E-state index in [1.165, 1.54) is 0 Å². The second kappa shape index (κ2) is 2.58. The summed E-state index contributed by atoms with van der Waals surface area (Å²) in [5, 5.41) is 2.80. The van der Waals surface area contributed by atoms with Crippen LogP contribution in [0.5, 0.6) is 0 Å². The van der Waals surface area contributed by atoms with Crippen molar-refractivity contribution < 1.29 is 8.78 Å². The molecule has 1 aliphatic rings. The van der Waals surface area contributed by atoms with Crippen molar-refractivity contribution in [2.75, 3.05) is 13.1 Å². The van der Waals surface area contributed by atoms with E-state index in [4.69, 9.17) is 5.73 Å². The predicted molar refractivity (Wildman–Crippen MR) is 30.3 cm³/mol. The minimum Gasteiger partial charge on any atom is -0.326 e. The van der Waals surface area contributed by atoms with Gasteiger partial charge in [0.25, 0.3) is 0 Å². The van der Waals surface area contributed by atoms with Crippen molar-refractivity contribution in [1.29, 1.82) is 0 Å². The number of nitrogens with two attached hydrogens (primary N) is 1. The molecule has 0 saturated carbocycles. The van der Waals surface area contributed by atoms with Gasteiger partial charge in [-0.2, -0.15) is 0 Å². The first-order chi connectivity index (χ1) is 4.22. The maximum atomic E-state index is 11.9. The van der Waals surface area contributed by atoms with Gasteiger partial charge in [-0.25, -0.2) is 8.78 Å². The summed E-state index contributed by atoms with van der Waals surface area (Å²) >= 11 is 0. The van der Waals surface area contributed by atoms with Crippen molar-refractivity contribution in [2.24, 2.45) is 11.7 Å². The molecular weight excluding hydrogens is 126 g/mol. The van der Waals surface area contributed by atoms with Gasteiger partial charge in [-0.15, -0.1) is 0 Å². The van der Waals surface area contributed by atoms with Crippen LogP contribution in [-0.4, -0.2) is 25.6 Å². The molecule has 0 aliphatic carbocycles. The highest BCUT2D eigenvalue weighted by Crippen LogP contribution is 2.15. The molecule has 0 spiro atoms. The van der Waals surface area contributed by atoms with Gasteiger partial charge in [0.2, 0.25) is 6.43 Å². The SMILES string of the molecule is NC1CNCC1C(F)F. The van der Waals surface area contributed by atoms with Crippen molar-refractivity contribution in [2.45, 2.75) is 12.5 Å². The Morgan fingerprint density at radius 3 is 2.33 bits per heavy atom. The fraction of sp³-hybridized carbons (Fsp3) is 1.00. The summed E-state index contributed by atoms with van der Waals surface area (Å²) in [6.45, 7) is 0.883. The summed E-state index contributed by atoms with van der Waals surface area (Å²) in [7, 11) is 0. The van der Waals surface area contributed by atoms with Gasteiger partial charge in [0, 0.05) is 25.0 Å². The zero-order valence-electron chi connectivity index (χ0n) is 4.98. The van der Waals surface area contributed by atoms with Crippen LogP contribution in [-0.2, 0) is 0 Å². The van der Waals surface area contributed by atoms with Crippen molar-refractivity contribution >= 4 is 0 Å². The molecular formula is C5H10F2N2. The van der Waals surface area contributed by atoms with Crippen LogP contribution in [0.25, 0.3) is 0 Å². The van der Waals surface area contributed by atoms with Gasteiger partial charge >= 0.3 is 0 Å². The summed E-state index contributed by atoms with van der Waals surface area (Å²) in [6.07, 6.45) is -2.27. The summed E-state index contributed by atoms with van der Waals surface area (Å²) in [4.78, 5) is 0. The van der Waals surface area contributed by atoms with Gasteiger partial charge in [0.1, 0.15) is 0 Å². The molecule has 0 radical (unpaired) electrons. The van der Waals surface area contributed by atoms with Crippen molar-refractivity contribution in [3.8, 4) is 0 Å². The van der Waals surface area contributed by atoms with Crippen LogP contribution in [0, 0.1) is 5.92 Å². The molecule has 9 heavy (non-hydrogen) atoms. The third-order valence-corrected chi connectivity index (χ3v) is 1.63. The van der Waals surface area contributed by atoms with E-state index >= 15 is 0 Å². The van der Waals surface area contributed by atoms with E-state index < -0.39 is 12.3 Å². The van der Waals surface area contributed by atoms with Gasteiger partial charge in [0.15, 0.2) is 0 Å². The number of rotatable bonds is 1. The van der Waals surface area contributed by atoms with Gasteiger partial charge in [-0.05, 0) is 0 Å². The molecule has 0 bridgehead atoms. The Bertz CT molecular complexity index is 97.0. The average molecular weight is 136 g/mol. The standard InChI is InChI=1S/C5H10F2N2/c6-5(7)3-1-9-2-4(3)8/h3-5,9H,1-2,8H2. The van der Waals surface area contributed by atoms with Gasteiger partial charge in [0.05, 0.1) is 0 Å². The van der Waals surface area contributed by atoms with E-state index in [9.17, 15) is 8.78 Å². The van der Waals surface area contributed by atoms with Crippen LogP contribution < -0.4 is 11.1 Å². The van der Waals surface area contributed by atoms with E-state index in [0.717, 1.165) is 0 Å². The average Bonchev–Trinajstić information content (AvgIpc) is 2.13. The third kappa shape index (κ3) is 1.37. The summed E-state index contributed by atoms with van der Waals surface area (Å²) in [6, 6.07) is -0.356. The third-order valence-electron chi connectivity index (χ3n) is 1.63. The van der Waals surface area contributed by atoms with Crippen molar-refractivity contribution in [3.63, 3.8) is 0 Å².